The van der Waals surface area contributed by atoms with E-state index in [0.717, 1.165) is 0 Å². The molecular formula is C15H13Cl3N4O2. The van der Waals surface area contributed by atoms with Crippen molar-refractivity contribution in [2.24, 2.45) is 0 Å². The third kappa shape index (κ3) is 5.49. The predicted octanol–water partition coefficient (Wildman–Crippen LogP) is 3.91. The van der Waals surface area contributed by atoms with Gasteiger partial charge in [0.25, 0.3) is 5.91 Å². The zero-order chi connectivity index (χ0) is 17.5. The van der Waals surface area contributed by atoms with E-state index in [2.05, 4.69) is 21.5 Å². The quantitative estimate of drug-likeness (QED) is 0.587. The molecule has 0 aliphatic rings. The Morgan fingerprint density at radius 2 is 1.58 bits per heavy atom. The molecule has 2 aromatic carbocycles. The number of rotatable bonds is 5. The second-order valence-electron chi connectivity index (χ2n) is 4.59. The topological polar surface area (TPSA) is 82.3 Å². The second-order valence-corrected chi connectivity index (χ2v) is 5.84. The number of urea groups is 1. The molecule has 0 radical (unpaired) electrons. The number of carbonyl (C=O) groups excluding carboxylic acids is 2. The minimum Gasteiger partial charge on any atom is -0.329 e. The van der Waals surface area contributed by atoms with Crippen LogP contribution in [0.2, 0.25) is 15.1 Å². The summed E-state index contributed by atoms with van der Waals surface area (Å²) in [6.45, 7) is -0.242. The average molecular weight is 388 g/mol. The van der Waals surface area contributed by atoms with Crippen LogP contribution in [0.4, 0.5) is 16.2 Å². The highest BCUT2D eigenvalue weighted by Gasteiger charge is 2.10. The van der Waals surface area contributed by atoms with Crippen molar-refractivity contribution in [1.82, 2.24) is 10.7 Å². The van der Waals surface area contributed by atoms with E-state index in [1.165, 1.54) is 12.1 Å². The van der Waals surface area contributed by atoms with Gasteiger partial charge in [0.2, 0.25) is 0 Å². The summed E-state index contributed by atoms with van der Waals surface area (Å²) < 4.78 is 0. The van der Waals surface area contributed by atoms with E-state index in [1.807, 2.05) is 6.07 Å². The lowest BCUT2D eigenvalue weighted by molar-refractivity contribution is -0.119. The molecule has 0 aromatic heterocycles. The van der Waals surface area contributed by atoms with Crippen LogP contribution in [0.15, 0.2) is 42.5 Å². The number of benzene rings is 2. The molecule has 0 fully saturated rings. The van der Waals surface area contributed by atoms with Crippen LogP contribution in [0, 0.1) is 0 Å². The molecule has 0 saturated carbocycles. The van der Waals surface area contributed by atoms with E-state index in [0.29, 0.717) is 16.4 Å². The van der Waals surface area contributed by atoms with Gasteiger partial charge in [0.15, 0.2) is 0 Å². The standard InChI is InChI=1S/C15H13Cl3N4O2/c16-9-6-11(17)14(12(18)7-9)22-21-13(23)8-19-15(24)20-10-4-2-1-3-5-10/h1-7,22H,8H2,(H,21,23)(H2,19,20,24). The van der Waals surface area contributed by atoms with Crippen molar-refractivity contribution in [3.63, 3.8) is 0 Å². The molecule has 0 bridgehead atoms. The number of carbonyl (C=O) groups is 2. The molecule has 0 atom stereocenters. The Kier molecular flexibility index (Phi) is 6.54. The Bertz CT molecular complexity index is 718. The highest BCUT2D eigenvalue weighted by molar-refractivity contribution is 6.41. The van der Waals surface area contributed by atoms with Crippen molar-refractivity contribution < 1.29 is 9.59 Å². The van der Waals surface area contributed by atoms with Gasteiger partial charge < -0.3 is 10.6 Å². The molecular weight excluding hydrogens is 375 g/mol. The SMILES string of the molecule is O=C(CNC(=O)Nc1ccccc1)NNc1c(Cl)cc(Cl)cc1Cl. The van der Waals surface area contributed by atoms with Crippen LogP contribution in [0.1, 0.15) is 0 Å². The number of hydrogen-bond acceptors (Lipinski definition) is 3. The van der Waals surface area contributed by atoms with Crippen molar-refractivity contribution in [1.29, 1.82) is 0 Å². The molecule has 126 valence electrons. The normalized spacial score (nSPS) is 9.96. The van der Waals surface area contributed by atoms with Gasteiger partial charge in [0.05, 0.1) is 15.7 Å². The van der Waals surface area contributed by atoms with Gasteiger partial charge >= 0.3 is 6.03 Å². The van der Waals surface area contributed by atoms with Gasteiger partial charge in [-0.3, -0.25) is 15.6 Å². The molecule has 0 aliphatic carbocycles. The lowest BCUT2D eigenvalue weighted by atomic mass is 10.3. The molecule has 3 amide bonds. The third-order valence-electron chi connectivity index (χ3n) is 2.77. The summed E-state index contributed by atoms with van der Waals surface area (Å²) in [4.78, 5) is 23.4. The van der Waals surface area contributed by atoms with E-state index in [-0.39, 0.29) is 16.6 Å². The van der Waals surface area contributed by atoms with E-state index >= 15 is 0 Å². The van der Waals surface area contributed by atoms with Crippen LogP contribution in [0.25, 0.3) is 0 Å². The fourth-order valence-electron chi connectivity index (χ4n) is 1.70. The molecule has 6 nitrogen and oxygen atoms in total. The zero-order valence-electron chi connectivity index (χ0n) is 12.2. The van der Waals surface area contributed by atoms with E-state index in [1.54, 1.807) is 24.3 Å². The monoisotopic (exact) mass is 386 g/mol. The third-order valence-corrected chi connectivity index (χ3v) is 3.59. The van der Waals surface area contributed by atoms with Gasteiger partial charge in [-0.15, -0.1) is 0 Å². The highest BCUT2D eigenvalue weighted by atomic mass is 35.5. The maximum Gasteiger partial charge on any atom is 0.319 e. The number of hydrazine groups is 1. The number of halogens is 3. The van der Waals surface area contributed by atoms with Gasteiger partial charge in [-0.25, -0.2) is 4.79 Å². The second kappa shape index (κ2) is 8.63. The first-order valence-electron chi connectivity index (χ1n) is 6.75. The fourth-order valence-corrected chi connectivity index (χ4v) is 2.61. The Morgan fingerprint density at radius 3 is 2.21 bits per heavy atom. The number of anilines is 2. The largest absolute Gasteiger partial charge is 0.329 e. The van der Waals surface area contributed by atoms with E-state index in [9.17, 15) is 9.59 Å². The number of amides is 3. The van der Waals surface area contributed by atoms with Gasteiger partial charge in [0, 0.05) is 10.7 Å². The lowest BCUT2D eigenvalue weighted by Gasteiger charge is -2.12. The Morgan fingerprint density at radius 1 is 0.958 bits per heavy atom. The molecule has 4 N–H and O–H groups in total. The average Bonchev–Trinajstić information content (AvgIpc) is 2.53. The molecule has 0 saturated heterocycles. The summed E-state index contributed by atoms with van der Waals surface area (Å²) in [5.74, 6) is -0.486. The molecule has 0 spiro atoms. The molecule has 24 heavy (non-hydrogen) atoms. The van der Waals surface area contributed by atoms with Crippen LogP contribution >= 0.6 is 34.8 Å². The Balaban J connectivity index is 1.79. The number of hydrogen-bond donors (Lipinski definition) is 4. The van der Waals surface area contributed by atoms with Gasteiger partial charge in [-0.1, -0.05) is 53.0 Å². The van der Waals surface area contributed by atoms with Crippen LogP contribution in [0.5, 0.6) is 0 Å². The van der Waals surface area contributed by atoms with Crippen LogP contribution in [0.3, 0.4) is 0 Å². The summed E-state index contributed by atoms with van der Waals surface area (Å²) in [6, 6.07) is 11.3. The molecule has 2 aromatic rings. The molecule has 0 heterocycles. The molecule has 0 aliphatic heterocycles. The van der Waals surface area contributed by atoms with Crippen molar-refractivity contribution in [3.8, 4) is 0 Å². The van der Waals surface area contributed by atoms with E-state index in [4.69, 9.17) is 34.8 Å². The van der Waals surface area contributed by atoms with Crippen molar-refractivity contribution in [2.45, 2.75) is 0 Å². The number of nitrogens with one attached hydrogen (secondary N) is 4. The first-order chi connectivity index (χ1) is 11.5. The van der Waals surface area contributed by atoms with Crippen molar-refractivity contribution in [3.05, 3.63) is 57.5 Å². The predicted molar refractivity (Wildman–Crippen MR) is 96.7 cm³/mol. The van der Waals surface area contributed by atoms with Crippen LogP contribution < -0.4 is 21.5 Å². The minimum absolute atomic E-state index is 0.242. The summed E-state index contributed by atoms with van der Waals surface area (Å²) >= 11 is 17.7. The smallest absolute Gasteiger partial charge is 0.319 e. The molecule has 0 unspecified atom stereocenters. The summed E-state index contributed by atoms with van der Waals surface area (Å²) in [7, 11) is 0. The van der Waals surface area contributed by atoms with E-state index < -0.39 is 11.9 Å². The summed E-state index contributed by atoms with van der Waals surface area (Å²) in [5.41, 5.74) is 5.89. The van der Waals surface area contributed by atoms with Crippen molar-refractivity contribution in [2.75, 3.05) is 17.3 Å². The van der Waals surface area contributed by atoms with Crippen molar-refractivity contribution >= 4 is 58.1 Å². The maximum absolute atomic E-state index is 11.7. The highest BCUT2D eigenvalue weighted by Crippen LogP contribution is 2.32. The Hall–Kier alpha value is -2.15. The first-order valence-corrected chi connectivity index (χ1v) is 7.88. The molecule has 2 rings (SSSR count). The van der Waals surface area contributed by atoms with Crippen LogP contribution in [-0.2, 0) is 4.79 Å². The van der Waals surface area contributed by atoms with Gasteiger partial charge in [0.1, 0.15) is 6.54 Å². The zero-order valence-corrected chi connectivity index (χ0v) is 14.5. The van der Waals surface area contributed by atoms with Gasteiger partial charge in [-0.2, -0.15) is 0 Å². The minimum atomic E-state index is -0.501. The Labute approximate surface area is 153 Å². The maximum atomic E-state index is 11.7. The fraction of sp³-hybridized carbons (Fsp3) is 0.0667. The lowest BCUT2D eigenvalue weighted by Crippen LogP contribution is -2.41. The van der Waals surface area contributed by atoms with Gasteiger partial charge in [-0.05, 0) is 24.3 Å². The number of para-hydroxylation sites is 1. The summed E-state index contributed by atoms with van der Waals surface area (Å²) in [6.07, 6.45) is 0. The summed E-state index contributed by atoms with van der Waals surface area (Å²) in [5, 5.41) is 5.89. The molecule has 9 heteroatoms. The first kappa shape index (κ1) is 18.2. The van der Waals surface area contributed by atoms with Crippen LogP contribution in [-0.4, -0.2) is 18.5 Å².